The lowest BCUT2D eigenvalue weighted by Crippen LogP contribution is -2.64. The maximum atomic E-state index is 10.7. The molecule has 83 heavy (non-hydrogen) atoms. The van der Waals surface area contributed by atoms with Crippen LogP contribution in [0.1, 0.15) is 39.0 Å². The number of Topliss-reactive ketones (excluding diaryl/α,β-unsaturated/α-hetero) is 1. The molecule has 0 spiro atoms. The maximum Gasteiger partial charge on any atom is 0.542 e. The van der Waals surface area contributed by atoms with Crippen LogP contribution >= 0.6 is 0 Å². The molecule has 0 unspecified atom stereocenters. The zero-order chi connectivity index (χ0) is 66.2. The number of hydrogen-bond donors (Lipinski definition) is 13. The molecule has 0 saturated heterocycles. The summed E-state index contributed by atoms with van der Waals surface area (Å²) in [4.78, 5) is 125. The standard InChI is InChI=1S/C10H24N2O3.C7H16N2O.C6H16N2O2.6C4H4O4/c11-3-1-5-13-7-9-15-10-8-14-6-2-4-12;1-6(10)7(9)4-2-3-5-8;7-1-3-9-5-6-10-4-2-8;6*5-3(6)1-2-4(7)8/h1-12H2;7H,2-5,8-9H2,1H3;1-8H2;6*1-2H,(H,5,6)(H,7,8)/p+2/b;;;6*2-1-/t;7-;;;;;;;/m.0......./s1. The molecule has 0 aliphatic rings. The van der Waals surface area contributed by atoms with Crippen LogP contribution in [0.5, 0.6) is 0 Å². The van der Waals surface area contributed by atoms with Gasteiger partial charge in [0.2, 0.25) is 0 Å². The Hall–Kier alpha value is -8.69. The van der Waals surface area contributed by atoms with E-state index in [4.69, 9.17) is 70.3 Å². The van der Waals surface area contributed by atoms with Gasteiger partial charge in [-0.15, -0.1) is 0 Å². The average Bonchev–Trinajstić information content (AvgIpc) is 3.39. The normalized spacial score (nSPS) is 10.3. The number of carbonyl (C=O) groups excluding carboxylic acids is 6. The molecular formula is C47H82N6O30+2. The summed E-state index contributed by atoms with van der Waals surface area (Å²) < 4.78 is 26.1. The molecule has 0 saturated carbocycles. The molecule has 0 aromatic rings. The molecule has 0 fully saturated rings. The van der Waals surface area contributed by atoms with Gasteiger partial charge < -0.3 is 139 Å². The van der Waals surface area contributed by atoms with E-state index in [0.29, 0.717) is 132 Å². The number of aliphatic carboxylic acids is 11. The summed E-state index contributed by atoms with van der Waals surface area (Å²) >= 11 is 0. The van der Waals surface area contributed by atoms with E-state index in [1.807, 2.05) is 0 Å². The Morgan fingerprint density at radius 1 is 0.386 bits per heavy atom. The molecule has 0 bridgehead atoms. The van der Waals surface area contributed by atoms with Crippen LogP contribution in [0.4, 0.5) is 0 Å². The molecule has 0 radical (unpaired) electrons. The van der Waals surface area contributed by atoms with Gasteiger partial charge in [-0.1, -0.05) is 0 Å². The number of hydrogen-bond acceptors (Lipinski definition) is 23. The van der Waals surface area contributed by atoms with Crippen molar-refractivity contribution < 1.29 is 176 Å². The number of carboxylic acid groups (broad SMARTS) is 11. The summed E-state index contributed by atoms with van der Waals surface area (Å²) in [6, 6.07) is 0.00606. The molecule has 0 aromatic heterocycles. The van der Waals surface area contributed by atoms with E-state index < -0.39 is 71.6 Å². The van der Waals surface area contributed by atoms with E-state index in [1.54, 1.807) is 6.92 Å². The van der Waals surface area contributed by atoms with Crippen molar-refractivity contribution in [1.29, 1.82) is 0 Å². The fraction of sp³-hybridized carbons (Fsp3) is 0.468. The van der Waals surface area contributed by atoms with Crippen LogP contribution in [0.3, 0.4) is 0 Å². The minimum absolute atomic E-state index is 0.00606. The SMILES string of the molecule is CC(=O)[C@@H]([NH3+])CCCC[NH3+].NCCOCCOCC[NH3+].O=C(O)/C=C\C(=O)O.O=C(O)/C=C\C(=O)[OH2+].O=C([O-])/C=C\C(=O)O.O=C([O-])/C=C\C(=O)O.O=C([O-])/C=C\C(=O)O.O=C([O-])/C=C\C(=O)O.[NH3+]CCCOCCOCCOCCC[NH3+]. The van der Waals surface area contributed by atoms with Crippen LogP contribution in [-0.4, -0.2) is 223 Å². The molecule has 36 nitrogen and oxygen atoms in total. The van der Waals surface area contributed by atoms with Gasteiger partial charge in [0.05, 0.1) is 122 Å². The Kier molecular flexibility index (Phi) is 87.5. The first kappa shape index (κ1) is 93.6. The van der Waals surface area contributed by atoms with Gasteiger partial charge in [-0.3, -0.25) is 4.79 Å². The monoisotopic (exact) mass is 1210 g/mol. The van der Waals surface area contributed by atoms with Gasteiger partial charge in [0.25, 0.3) is 0 Å². The highest BCUT2D eigenvalue weighted by molar-refractivity contribution is 5.91. The van der Waals surface area contributed by atoms with Crippen molar-refractivity contribution in [3.05, 3.63) is 72.9 Å². The fourth-order valence-corrected chi connectivity index (χ4v) is 3.08. The topological polar surface area (TPSA) is 689 Å². The van der Waals surface area contributed by atoms with Gasteiger partial charge in [0, 0.05) is 80.1 Å². The first-order chi connectivity index (χ1) is 38.8. The Morgan fingerprint density at radius 2 is 0.627 bits per heavy atom. The number of carbonyl (C=O) groups is 13. The third-order valence-corrected chi connectivity index (χ3v) is 6.57. The van der Waals surface area contributed by atoms with Crippen molar-refractivity contribution in [2.24, 2.45) is 5.73 Å². The van der Waals surface area contributed by atoms with Gasteiger partial charge in [-0.25, -0.2) is 33.6 Å². The number of carboxylic acids is 11. The highest BCUT2D eigenvalue weighted by Gasteiger charge is 2.10. The summed E-state index contributed by atoms with van der Waals surface area (Å²) in [7, 11) is 0. The number of ether oxygens (including phenoxy) is 5. The van der Waals surface area contributed by atoms with E-state index in [1.165, 1.54) is 0 Å². The van der Waals surface area contributed by atoms with Gasteiger partial charge in [-0.05, 0) is 37.1 Å². The van der Waals surface area contributed by atoms with Gasteiger partial charge in [-0.2, -0.15) is 0 Å². The number of nitrogens with two attached hydrogens (primary N) is 1. The largest absolute Gasteiger partial charge is 0.561 e. The zero-order valence-electron chi connectivity index (χ0n) is 45.9. The summed E-state index contributed by atoms with van der Waals surface area (Å²) in [6.45, 7) is 12.6. The first-order valence-corrected chi connectivity index (χ1v) is 23.6. The van der Waals surface area contributed by atoms with E-state index in [2.05, 4.69) is 28.7 Å². The summed E-state index contributed by atoms with van der Waals surface area (Å²) in [6.07, 6.45) is 11.3. The van der Waals surface area contributed by atoms with Crippen LogP contribution in [0.15, 0.2) is 72.9 Å². The third-order valence-electron chi connectivity index (χ3n) is 6.57. The third kappa shape index (κ3) is 153. The lowest BCUT2D eigenvalue weighted by atomic mass is 10.1. The lowest BCUT2D eigenvalue weighted by molar-refractivity contribution is -0.405. The quantitative estimate of drug-likeness (QED) is 0.0157. The molecule has 36 heteroatoms. The molecule has 0 aromatic carbocycles. The zero-order valence-corrected chi connectivity index (χ0v) is 45.9. The van der Waals surface area contributed by atoms with Crippen molar-refractivity contribution in [3.8, 4) is 0 Å². The van der Waals surface area contributed by atoms with Crippen molar-refractivity contribution in [3.63, 3.8) is 0 Å². The minimum Gasteiger partial charge on any atom is -0.561 e. The van der Waals surface area contributed by atoms with Gasteiger partial charge in [0.15, 0.2) is 5.78 Å². The summed E-state index contributed by atoms with van der Waals surface area (Å²) in [5.41, 5.74) is 23.8. The first-order valence-electron chi connectivity index (χ1n) is 23.6. The smallest absolute Gasteiger partial charge is 0.542 e. The number of rotatable bonds is 36. The van der Waals surface area contributed by atoms with Crippen LogP contribution in [0.2, 0.25) is 0 Å². The molecule has 0 amide bonds. The highest BCUT2D eigenvalue weighted by Crippen LogP contribution is 1.96. The van der Waals surface area contributed by atoms with Crippen molar-refractivity contribution in [2.45, 2.75) is 45.1 Å². The Bertz CT molecular complexity index is 1580. The van der Waals surface area contributed by atoms with Gasteiger partial charge in [0.1, 0.15) is 6.04 Å². The maximum absolute atomic E-state index is 10.7. The number of quaternary nitrogens is 5. The van der Waals surface area contributed by atoms with Crippen molar-refractivity contribution in [1.82, 2.24) is 0 Å². The lowest BCUT2D eigenvalue weighted by Gasteiger charge is -2.05. The van der Waals surface area contributed by atoms with Crippen LogP contribution < -0.4 is 54.8 Å². The highest BCUT2D eigenvalue weighted by atomic mass is 16.5. The van der Waals surface area contributed by atoms with Crippen molar-refractivity contribution in [2.75, 3.05) is 98.8 Å². The number of unbranched alkanes of at least 4 members (excludes halogenated alkanes) is 1. The van der Waals surface area contributed by atoms with E-state index in [0.717, 1.165) is 71.5 Å². The molecule has 26 N–H and O–H groups in total. The van der Waals surface area contributed by atoms with E-state index >= 15 is 0 Å². The molecule has 1 atom stereocenters. The molecule has 0 aliphatic heterocycles. The molecule has 0 rings (SSSR count). The molecular weight excluding hydrogens is 1130 g/mol. The van der Waals surface area contributed by atoms with Crippen LogP contribution in [-0.2, 0) is 86.0 Å². The van der Waals surface area contributed by atoms with Crippen LogP contribution in [0, 0.1) is 0 Å². The average molecular weight is 1210 g/mol. The van der Waals surface area contributed by atoms with Crippen molar-refractivity contribution >= 4 is 77.4 Å². The second-order valence-corrected chi connectivity index (χ2v) is 13.8. The van der Waals surface area contributed by atoms with Gasteiger partial charge >= 0.3 is 47.8 Å². The second kappa shape index (κ2) is 77.5. The fourth-order valence-electron chi connectivity index (χ4n) is 3.08. The predicted octanol–water partition coefficient (Wildman–Crippen LogP) is -12.8. The number of ketones is 1. The predicted molar refractivity (Wildman–Crippen MR) is 272 cm³/mol. The Balaban J connectivity index is -0.000000107. The summed E-state index contributed by atoms with van der Waals surface area (Å²) in [5, 5.41) is 98.6. The molecule has 478 valence electrons. The van der Waals surface area contributed by atoms with E-state index in [-0.39, 0.29) is 11.8 Å². The molecule has 0 aliphatic carbocycles. The Labute approximate surface area is 475 Å². The second-order valence-electron chi connectivity index (χ2n) is 13.8. The minimum atomic E-state index is -1.51. The van der Waals surface area contributed by atoms with Crippen LogP contribution in [0.25, 0.3) is 0 Å². The van der Waals surface area contributed by atoms with E-state index in [9.17, 15) is 82.8 Å². The Morgan fingerprint density at radius 3 is 0.819 bits per heavy atom. The molecule has 0 heterocycles. The summed E-state index contributed by atoms with van der Waals surface area (Å²) in [5.74, 6) is -15.8.